The summed E-state index contributed by atoms with van der Waals surface area (Å²) in [5, 5.41) is 13.4. The second kappa shape index (κ2) is 6.67. The van der Waals surface area contributed by atoms with Crippen molar-refractivity contribution < 1.29 is 9.50 Å². The van der Waals surface area contributed by atoms with Gasteiger partial charge in [0.1, 0.15) is 12.4 Å². The highest BCUT2D eigenvalue weighted by Gasteiger charge is 2.25. The molecule has 1 aliphatic rings. The fraction of sp³-hybridized carbons (Fsp3) is 0.500. The molecule has 0 amide bonds. The van der Waals surface area contributed by atoms with Crippen molar-refractivity contribution in [1.29, 1.82) is 0 Å². The maximum Gasteiger partial charge on any atom is 0.133 e. The van der Waals surface area contributed by atoms with Gasteiger partial charge in [0.25, 0.3) is 0 Å². The Labute approximate surface area is 133 Å². The van der Waals surface area contributed by atoms with Crippen LogP contribution in [0.4, 0.5) is 4.39 Å². The number of phenolic OH excluding ortho intramolecular Hbond substituents is 1. The number of halogens is 3. The summed E-state index contributed by atoms with van der Waals surface area (Å²) in [7, 11) is 0. The molecular formula is C12H15FI2N2O. The molecule has 0 aliphatic carbocycles. The van der Waals surface area contributed by atoms with Gasteiger partial charge < -0.3 is 10.4 Å². The van der Waals surface area contributed by atoms with Gasteiger partial charge >= 0.3 is 0 Å². The fourth-order valence-corrected chi connectivity index (χ4v) is 4.10. The molecule has 1 aliphatic heterocycles. The van der Waals surface area contributed by atoms with Crippen molar-refractivity contribution in [2.45, 2.75) is 6.04 Å². The monoisotopic (exact) mass is 476 g/mol. The maximum atomic E-state index is 13.4. The van der Waals surface area contributed by atoms with Crippen molar-refractivity contribution in [2.75, 3.05) is 32.9 Å². The highest BCUT2D eigenvalue weighted by Crippen LogP contribution is 2.34. The molecule has 0 unspecified atom stereocenters. The van der Waals surface area contributed by atoms with Crippen molar-refractivity contribution in [2.24, 2.45) is 0 Å². The normalized spacial score (nSPS) is 18.8. The number of nitrogens with zero attached hydrogens (tertiary/aromatic N) is 1. The third-order valence-electron chi connectivity index (χ3n) is 3.16. The van der Waals surface area contributed by atoms with E-state index in [4.69, 9.17) is 0 Å². The summed E-state index contributed by atoms with van der Waals surface area (Å²) in [5.41, 5.74) is 0.704. The smallest absolute Gasteiger partial charge is 0.133 e. The van der Waals surface area contributed by atoms with Gasteiger partial charge in [-0.15, -0.1) is 0 Å². The molecule has 1 saturated heterocycles. The molecule has 2 N–H and O–H groups in total. The highest BCUT2D eigenvalue weighted by atomic mass is 127. The Balaban J connectivity index is 2.31. The zero-order chi connectivity index (χ0) is 13.1. The lowest BCUT2D eigenvalue weighted by Crippen LogP contribution is -2.45. The van der Waals surface area contributed by atoms with E-state index in [-0.39, 0.29) is 11.8 Å². The number of rotatable bonds is 3. The number of hydrogen-bond acceptors (Lipinski definition) is 3. The first-order valence-corrected chi connectivity index (χ1v) is 7.98. The van der Waals surface area contributed by atoms with Gasteiger partial charge in [-0.3, -0.25) is 4.90 Å². The lowest BCUT2D eigenvalue weighted by Gasteiger charge is -2.34. The van der Waals surface area contributed by atoms with Crippen LogP contribution in [0.25, 0.3) is 0 Å². The molecule has 0 saturated carbocycles. The van der Waals surface area contributed by atoms with Crippen LogP contribution in [0, 0.1) is 7.14 Å². The Morgan fingerprint density at radius 3 is 2.61 bits per heavy atom. The minimum Gasteiger partial charge on any atom is -0.506 e. The predicted octanol–water partition coefficient (Wildman–Crippen LogP) is 2.52. The first kappa shape index (κ1) is 14.7. The van der Waals surface area contributed by atoms with Gasteiger partial charge in [-0.1, -0.05) is 0 Å². The number of phenols is 1. The van der Waals surface area contributed by atoms with E-state index in [0.29, 0.717) is 5.56 Å². The SMILES string of the molecule is Oc1c(I)cc(I)cc1[C@H](CF)N1CCNCC1. The lowest BCUT2D eigenvalue weighted by atomic mass is 10.0. The number of alkyl halides is 1. The van der Waals surface area contributed by atoms with E-state index in [1.165, 1.54) is 0 Å². The minimum absolute atomic E-state index is 0.220. The number of aromatic hydroxyl groups is 1. The van der Waals surface area contributed by atoms with Gasteiger partial charge in [0, 0.05) is 35.3 Å². The summed E-state index contributed by atoms with van der Waals surface area (Å²) in [4.78, 5) is 2.09. The summed E-state index contributed by atoms with van der Waals surface area (Å²) in [6.07, 6.45) is 0. The summed E-state index contributed by atoms with van der Waals surface area (Å²) in [5.74, 6) is 0.220. The average molecular weight is 476 g/mol. The van der Waals surface area contributed by atoms with Crippen LogP contribution in [0.15, 0.2) is 12.1 Å². The first-order valence-electron chi connectivity index (χ1n) is 5.82. The third-order valence-corrected chi connectivity index (χ3v) is 4.60. The van der Waals surface area contributed by atoms with E-state index in [2.05, 4.69) is 55.4 Å². The molecule has 1 aromatic rings. The molecule has 3 nitrogen and oxygen atoms in total. The van der Waals surface area contributed by atoms with Crippen LogP contribution in [-0.4, -0.2) is 42.9 Å². The van der Waals surface area contributed by atoms with Crippen LogP contribution >= 0.6 is 45.2 Å². The molecule has 2 rings (SSSR count). The second-order valence-electron chi connectivity index (χ2n) is 4.28. The van der Waals surface area contributed by atoms with E-state index in [0.717, 1.165) is 33.3 Å². The molecule has 6 heteroatoms. The van der Waals surface area contributed by atoms with Crippen molar-refractivity contribution in [1.82, 2.24) is 10.2 Å². The van der Waals surface area contributed by atoms with E-state index in [9.17, 15) is 9.50 Å². The van der Waals surface area contributed by atoms with Gasteiger partial charge in [0.15, 0.2) is 0 Å². The summed E-state index contributed by atoms with van der Waals surface area (Å²) in [6, 6.07) is 3.44. The Hall–Kier alpha value is 0.330. The van der Waals surface area contributed by atoms with E-state index in [1.54, 1.807) is 0 Å². The molecule has 0 aromatic heterocycles. The average Bonchev–Trinajstić information content (AvgIpc) is 2.37. The molecule has 0 bridgehead atoms. The van der Waals surface area contributed by atoms with Crippen LogP contribution in [0.3, 0.4) is 0 Å². The Morgan fingerprint density at radius 2 is 2.00 bits per heavy atom. The second-order valence-corrected chi connectivity index (χ2v) is 6.69. The zero-order valence-corrected chi connectivity index (χ0v) is 14.1. The molecular weight excluding hydrogens is 461 g/mol. The van der Waals surface area contributed by atoms with E-state index in [1.807, 2.05) is 12.1 Å². The van der Waals surface area contributed by atoms with Crippen molar-refractivity contribution in [3.05, 3.63) is 24.8 Å². The largest absolute Gasteiger partial charge is 0.506 e. The number of benzene rings is 1. The topological polar surface area (TPSA) is 35.5 Å². The third kappa shape index (κ3) is 3.26. The Morgan fingerprint density at radius 1 is 1.33 bits per heavy atom. The van der Waals surface area contributed by atoms with E-state index < -0.39 is 6.67 Å². The van der Waals surface area contributed by atoms with Crippen LogP contribution in [0.5, 0.6) is 5.75 Å². The quantitative estimate of drug-likeness (QED) is 0.659. The van der Waals surface area contributed by atoms with Gasteiger partial charge in [0.05, 0.1) is 9.61 Å². The standard InChI is InChI=1S/C12H15FI2N2O/c13-7-11(17-3-1-16-2-4-17)9-5-8(14)6-10(15)12(9)18/h5-6,11,16,18H,1-4,7H2/t11-/m0/s1. The Kier molecular flexibility index (Phi) is 5.46. The van der Waals surface area contributed by atoms with Gasteiger partial charge in [-0.2, -0.15) is 0 Å². The van der Waals surface area contributed by atoms with Crippen molar-refractivity contribution in [3.63, 3.8) is 0 Å². The molecule has 1 atom stereocenters. The molecule has 0 radical (unpaired) electrons. The fourth-order valence-electron chi connectivity index (χ4n) is 2.21. The summed E-state index contributed by atoms with van der Waals surface area (Å²) in [6.45, 7) is 2.91. The molecule has 1 heterocycles. The predicted molar refractivity (Wildman–Crippen MR) is 86.7 cm³/mol. The lowest BCUT2D eigenvalue weighted by molar-refractivity contribution is 0.145. The highest BCUT2D eigenvalue weighted by molar-refractivity contribution is 14.1. The number of nitrogens with one attached hydrogen (secondary N) is 1. The van der Waals surface area contributed by atoms with Gasteiger partial charge in [-0.25, -0.2) is 4.39 Å². The minimum atomic E-state index is -0.469. The van der Waals surface area contributed by atoms with Gasteiger partial charge in [0.2, 0.25) is 0 Å². The molecule has 1 aromatic carbocycles. The van der Waals surface area contributed by atoms with Crippen LogP contribution in [0.1, 0.15) is 11.6 Å². The van der Waals surface area contributed by atoms with Gasteiger partial charge in [-0.05, 0) is 57.3 Å². The summed E-state index contributed by atoms with van der Waals surface area (Å²) >= 11 is 4.29. The van der Waals surface area contributed by atoms with E-state index >= 15 is 0 Å². The molecule has 1 fully saturated rings. The van der Waals surface area contributed by atoms with Crippen molar-refractivity contribution in [3.8, 4) is 5.75 Å². The Bertz CT molecular complexity index is 425. The maximum absolute atomic E-state index is 13.4. The first-order chi connectivity index (χ1) is 8.63. The van der Waals surface area contributed by atoms with Crippen LogP contribution in [0.2, 0.25) is 0 Å². The molecule has 100 valence electrons. The number of hydrogen-bond donors (Lipinski definition) is 2. The van der Waals surface area contributed by atoms with Crippen LogP contribution < -0.4 is 5.32 Å². The molecule has 0 spiro atoms. The van der Waals surface area contributed by atoms with Crippen molar-refractivity contribution >= 4 is 45.2 Å². The molecule has 18 heavy (non-hydrogen) atoms. The number of piperazine rings is 1. The summed E-state index contributed by atoms with van der Waals surface area (Å²) < 4.78 is 15.2. The van der Waals surface area contributed by atoms with Crippen LogP contribution in [-0.2, 0) is 0 Å². The zero-order valence-electron chi connectivity index (χ0n) is 9.80.